The average Bonchev–Trinajstić information content (AvgIpc) is 3.48. The maximum Gasteiger partial charge on any atom is 0.159 e. The van der Waals surface area contributed by atoms with E-state index in [-0.39, 0.29) is 0 Å². The van der Waals surface area contributed by atoms with Crippen LogP contribution in [0.3, 0.4) is 0 Å². The zero-order valence-electron chi connectivity index (χ0n) is 18.7. The van der Waals surface area contributed by atoms with Crippen molar-refractivity contribution in [2.24, 2.45) is 0 Å². The lowest BCUT2D eigenvalue weighted by molar-refractivity contribution is 0.898. The van der Waals surface area contributed by atoms with Crippen molar-refractivity contribution in [2.75, 3.05) is 5.32 Å². The quantitative estimate of drug-likeness (QED) is 0.325. The molecule has 0 amide bonds. The van der Waals surface area contributed by atoms with Gasteiger partial charge in [0, 0.05) is 53.5 Å². The highest BCUT2D eigenvalue weighted by atomic mass is 15.1. The van der Waals surface area contributed by atoms with Gasteiger partial charge in [-0.3, -0.25) is 20.1 Å². The van der Waals surface area contributed by atoms with Gasteiger partial charge in [-0.05, 0) is 55.3 Å². The predicted molar refractivity (Wildman–Crippen MR) is 134 cm³/mol. The molecule has 0 aliphatic rings. The molecular formula is C26H22N8. The highest BCUT2D eigenvalue weighted by Gasteiger charge is 2.16. The molecule has 8 heteroatoms. The van der Waals surface area contributed by atoms with Crippen LogP contribution in [0, 0.1) is 0 Å². The maximum absolute atomic E-state index is 4.91. The van der Waals surface area contributed by atoms with E-state index in [0.29, 0.717) is 11.9 Å². The molecule has 0 saturated heterocycles. The number of fused-ring (bicyclic) bond motifs is 2. The van der Waals surface area contributed by atoms with Crippen molar-refractivity contribution in [1.29, 1.82) is 0 Å². The highest BCUT2D eigenvalue weighted by molar-refractivity contribution is 5.98. The Morgan fingerprint density at radius 1 is 0.794 bits per heavy atom. The summed E-state index contributed by atoms with van der Waals surface area (Å²) in [5, 5.41) is 12.1. The second-order valence-electron chi connectivity index (χ2n) is 8.50. The standard InChI is InChI=1S/C26H22N8/c1-15(2)30-19-9-18(11-28-12-19)17-3-4-22-20(10-17)25(34-33-22)26-31-23-14-29-13-21(24(23)32-26)16-5-7-27-8-6-16/h3-15,30H,1-2H3,(H,31,32)(H,33,34). The molecule has 6 rings (SSSR count). The number of H-pyrrole nitrogens is 2. The van der Waals surface area contributed by atoms with Gasteiger partial charge in [0.25, 0.3) is 0 Å². The van der Waals surface area contributed by atoms with Crippen LogP contribution >= 0.6 is 0 Å². The number of hydrogen-bond acceptors (Lipinski definition) is 6. The first-order valence-corrected chi connectivity index (χ1v) is 11.1. The molecule has 6 aromatic rings. The molecule has 0 atom stereocenters. The van der Waals surface area contributed by atoms with E-state index in [1.807, 2.05) is 36.8 Å². The topological polar surface area (TPSA) is 108 Å². The monoisotopic (exact) mass is 446 g/mol. The van der Waals surface area contributed by atoms with E-state index >= 15 is 0 Å². The number of imidazole rings is 1. The molecule has 0 bridgehead atoms. The van der Waals surface area contributed by atoms with Crippen LogP contribution in [0.1, 0.15) is 13.8 Å². The summed E-state index contributed by atoms with van der Waals surface area (Å²) in [6, 6.07) is 12.6. The van der Waals surface area contributed by atoms with Gasteiger partial charge in [0.1, 0.15) is 5.69 Å². The zero-order valence-corrected chi connectivity index (χ0v) is 18.7. The van der Waals surface area contributed by atoms with E-state index in [2.05, 4.69) is 67.5 Å². The van der Waals surface area contributed by atoms with E-state index in [1.54, 1.807) is 18.6 Å². The SMILES string of the molecule is CC(C)Nc1cncc(-c2ccc3[nH]nc(-c4nc5c(-c6ccncc6)cncc5[nH]4)c3c2)c1. The molecule has 8 nitrogen and oxygen atoms in total. The van der Waals surface area contributed by atoms with Gasteiger partial charge in [0.05, 0.1) is 28.4 Å². The van der Waals surface area contributed by atoms with Gasteiger partial charge in [-0.15, -0.1) is 0 Å². The van der Waals surface area contributed by atoms with Gasteiger partial charge >= 0.3 is 0 Å². The molecule has 0 saturated carbocycles. The Labute approximate surface area is 195 Å². The molecule has 5 heterocycles. The summed E-state index contributed by atoms with van der Waals surface area (Å²) in [4.78, 5) is 21.2. The van der Waals surface area contributed by atoms with Crippen LogP contribution in [0.15, 0.2) is 73.6 Å². The van der Waals surface area contributed by atoms with Gasteiger partial charge < -0.3 is 10.3 Å². The van der Waals surface area contributed by atoms with Crippen LogP contribution in [-0.2, 0) is 0 Å². The Morgan fingerprint density at radius 2 is 1.65 bits per heavy atom. The lowest BCUT2D eigenvalue weighted by Crippen LogP contribution is -2.09. The minimum Gasteiger partial charge on any atom is -0.382 e. The Hall–Kier alpha value is -4.59. The van der Waals surface area contributed by atoms with Crippen LogP contribution in [0.25, 0.3) is 55.7 Å². The number of aromatic amines is 2. The second kappa shape index (κ2) is 8.08. The fraction of sp³-hybridized carbons (Fsp3) is 0.115. The molecule has 0 fully saturated rings. The molecule has 0 unspecified atom stereocenters. The number of pyridine rings is 3. The fourth-order valence-electron chi connectivity index (χ4n) is 4.17. The summed E-state index contributed by atoms with van der Waals surface area (Å²) in [5.74, 6) is 0.690. The second-order valence-corrected chi connectivity index (χ2v) is 8.50. The predicted octanol–water partition coefficient (Wildman–Crippen LogP) is 5.45. The minimum absolute atomic E-state index is 0.333. The molecule has 3 N–H and O–H groups in total. The first-order valence-electron chi connectivity index (χ1n) is 11.1. The van der Waals surface area contributed by atoms with E-state index in [1.165, 1.54) is 0 Å². The molecule has 1 aromatic carbocycles. The van der Waals surface area contributed by atoms with Crippen molar-refractivity contribution in [2.45, 2.75) is 19.9 Å². The van der Waals surface area contributed by atoms with Crippen LogP contribution in [0.2, 0.25) is 0 Å². The molecule has 0 radical (unpaired) electrons. The first-order chi connectivity index (χ1) is 16.7. The third-order valence-electron chi connectivity index (χ3n) is 5.70. The third-order valence-corrected chi connectivity index (χ3v) is 5.70. The van der Waals surface area contributed by atoms with Crippen molar-refractivity contribution in [3.05, 3.63) is 73.6 Å². The van der Waals surface area contributed by atoms with Crippen LogP contribution in [0.4, 0.5) is 5.69 Å². The number of benzene rings is 1. The van der Waals surface area contributed by atoms with Crippen LogP contribution in [-0.4, -0.2) is 41.2 Å². The summed E-state index contributed by atoms with van der Waals surface area (Å²) >= 11 is 0. The summed E-state index contributed by atoms with van der Waals surface area (Å²) < 4.78 is 0. The Kier molecular flexibility index (Phi) is 4.76. The van der Waals surface area contributed by atoms with Crippen molar-refractivity contribution in [1.82, 2.24) is 35.1 Å². The van der Waals surface area contributed by atoms with Crippen molar-refractivity contribution in [3.8, 4) is 33.8 Å². The smallest absolute Gasteiger partial charge is 0.159 e. The summed E-state index contributed by atoms with van der Waals surface area (Å²) in [7, 11) is 0. The summed E-state index contributed by atoms with van der Waals surface area (Å²) in [6.07, 6.45) is 10.9. The largest absolute Gasteiger partial charge is 0.382 e. The first kappa shape index (κ1) is 20.0. The molecule has 0 aliphatic heterocycles. The molecule has 0 spiro atoms. The number of nitrogens with one attached hydrogen (secondary N) is 3. The van der Waals surface area contributed by atoms with Crippen LogP contribution < -0.4 is 5.32 Å². The van der Waals surface area contributed by atoms with Gasteiger partial charge in [0.2, 0.25) is 0 Å². The van der Waals surface area contributed by atoms with E-state index in [0.717, 1.165) is 55.6 Å². The molecule has 166 valence electrons. The molecular weight excluding hydrogens is 424 g/mol. The van der Waals surface area contributed by atoms with E-state index in [9.17, 15) is 0 Å². The van der Waals surface area contributed by atoms with Crippen molar-refractivity contribution >= 4 is 27.6 Å². The van der Waals surface area contributed by atoms with Gasteiger partial charge in [0.15, 0.2) is 5.82 Å². The summed E-state index contributed by atoms with van der Waals surface area (Å²) in [6.45, 7) is 4.22. The van der Waals surface area contributed by atoms with E-state index < -0.39 is 0 Å². The number of anilines is 1. The Morgan fingerprint density at radius 3 is 2.50 bits per heavy atom. The fourth-order valence-corrected chi connectivity index (χ4v) is 4.17. The molecule has 5 aromatic heterocycles. The van der Waals surface area contributed by atoms with Gasteiger partial charge in [-0.1, -0.05) is 6.07 Å². The molecule has 34 heavy (non-hydrogen) atoms. The van der Waals surface area contributed by atoms with Gasteiger partial charge in [-0.25, -0.2) is 4.98 Å². The zero-order chi connectivity index (χ0) is 23.1. The Bertz CT molecular complexity index is 1610. The minimum atomic E-state index is 0.333. The number of aromatic nitrogens is 7. The number of rotatable bonds is 5. The number of nitrogens with zero attached hydrogens (tertiary/aromatic N) is 5. The Balaban J connectivity index is 1.45. The average molecular weight is 447 g/mol. The highest BCUT2D eigenvalue weighted by Crippen LogP contribution is 2.33. The van der Waals surface area contributed by atoms with Crippen LogP contribution in [0.5, 0.6) is 0 Å². The normalized spacial score (nSPS) is 11.5. The summed E-state index contributed by atoms with van der Waals surface area (Å²) in [5.41, 5.74) is 8.46. The molecule has 0 aliphatic carbocycles. The van der Waals surface area contributed by atoms with E-state index in [4.69, 9.17) is 4.98 Å². The van der Waals surface area contributed by atoms with Crippen molar-refractivity contribution in [3.63, 3.8) is 0 Å². The van der Waals surface area contributed by atoms with Gasteiger partial charge in [-0.2, -0.15) is 5.10 Å². The maximum atomic E-state index is 4.91. The lowest BCUT2D eigenvalue weighted by atomic mass is 10.0. The lowest BCUT2D eigenvalue weighted by Gasteiger charge is -2.11. The third kappa shape index (κ3) is 3.55. The van der Waals surface area contributed by atoms with Crippen molar-refractivity contribution < 1.29 is 0 Å². The number of hydrogen-bond donors (Lipinski definition) is 3.